The molecule has 2 aromatic heterocycles. The van der Waals surface area contributed by atoms with Crippen molar-refractivity contribution in [1.82, 2.24) is 14.5 Å². The van der Waals surface area contributed by atoms with Gasteiger partial charge >= 0.3 is 0 Å². The molecule has 3 aromatic rings. The molecule has 4 rings (SSSR count). The highest BCUT2D eigenvalue weighted by Crippen LogP contribution is 2.31. The lowest BCUT2D eigenvalue weighted by atomic mass is 10.1. The Labute approximate surface area is 185 Å². The Morgan fingerprint density at radius 1 is 1.13 bits per heavy atom. The lowest BCUT2D eigenvalue weighted by molar-refractivity contribution is 0.0882. The Balaban J connectivity index is 1.48. The summed E-state index contributed by atoms with van der Waals surface area (Å²) in [6, 6.07) is 10.9. The molecule has 0 spiro atoms. The smallest absolute Gasteiger partial charge is 0.160 e. The van der Waals surface area contributed by atoms with Gasteiger partial charge in [0.25, 0.3) is 0 Å². The number of imidazole rings is 1. The lowest BCUT2D eigenvalue weighted by Crippen LogP contribution is -2.22. The number of fused-ring (bicyclic) bond motifs is 1. The Hall–Kier alpha value is -2.64. The van der Waals surface area contributed by atoms with Crippen molar-refractivity contribution in [2.75, 3.05) is 13.2 Å². The first-order valence-corrected chi connectivity index (χ1v) is 14.6. The van der Waals surface area contributed by atoms with Crippen LogP contribution in [0.4, 0.5) is 0 Å². The normalized spacial score (nSPS) is 13.5. The first kappa shape index (κ1) is 21.6. The molecule has 1 aromatic carbocycles. The summed E-state index contributed by atoms with van der Waals surface area (Å²) >= 11 is 0. The van der Waals surface area contributed by atoms with E-state index in [9.17, 15) is 0 Å². The zero-order valence-corrected chi connectivity index (χ0v) is 19.9. The maximum absolute atomic E-state index is 6.13. The summed E-state index contributed by atoms with van der Waals surface area (Å²) in [6.45, 7) is 11.1. The third-order valence-corrected chi connectivity index (χ3v) is 6.90. The number of pyridine rings is 1. The molecular formula is C24H31N3O3Si. The van der Waals surface area contributed by atoms with Gasteiger partial charge < -0.3 is 18.8 Å². The molecule has 0 N–H and O–H groups in total. The van der Waals surface area contributed by atoms with E-state index >= 15 is 0 Å². The van der Waals surface area contributed by atoms with Gasteiger partial charge in [-0.3, -0.25) is 4.98 Å². The van der Waals surface area contributed by atoms with Gasteiger partial charge in [0.1, 0.15) is 29.7 Å². The molecule has 0 bridgehead atoms. The van der Waals surface area contributed by atoms with E-state index in [0.717, 1.165) is 66.6 Å². The van der Waals surface area contributed by atoms with Crippen LogP contribution in [0.25, 0.3) is 11.5 Å². The largest absolute Gasteiger partial charge is 0.493 e. The highest BCUT2D eigenvalue weighted by molar-refractivity contribution is 6.76. The second-order valence-corrected chi connectivity index (χ2v) is 14.8. The van der Waals surface area contributed by atoms with Crippen LogP contribution >= 0.6 is 0 Å². The van der Waals surface area contributed by atoms with Gasteiger partial charge in [-0.05, 0) is 55.6 Å². The van der Waals surface area contributed by atoms with Crippen molar-refractivity contribution >= 4 is 8.07 Å². The number of rotatable bonds is 8. The predicted molar refractivity (Wildman–Crippen MR) is 125 cm³/mol. The van der Waals surface area contributed by atoms with Crippen molar-refractivity contribution in [1.29, 1.82) is 0 Å². The molecule has 7 heteroatoms. The number of aromatic nitrogens is 3. The molecule has 0 radical (unpaired) electrons. The van der Waals surface area contributed by atoms with Gasteiger partial charge in [0, 0.05) is 33.1 Å². The van der Waals surface area contributed by atoms with Gasteiger partial charge in [-0.2, -0.15) is 0 Å². The van der Waals surface area contributed by atoms with E-state index < -0.39 is 8.07 Å². The minimum absolute atomic E-state index is 0.470. The van der Waals surface area contributed by atoms with Crippen molar-refractivity contribution in [3.8, 4) is 28.8 Å². The molecular weight excluding hydrogens is 406 g/mol. The second-order valence-electron chi connectivity index (χ2n) is 9.22. The van der Waals surface area contributed by atoms with E-state index in [1.54, 1.807) is 6.20 Å². The number of hydrogen-bond donors (Lipinski definition) is 0. The quantitative estimate of drug-likeness (QED) is 0.335. The monoisotopic (exact) mass is 437 g/mol. The molecule has 164 valence electrons. The third-order valence-electron chi connectivity index (χ3n) is 5.20. The molecule has 1 aliphatic rings. The fraction of sp³-hybridized carbons (Fsp3) is 0.417. The van der Waals surface area contributed by atoms with Crippen molar-refractivity contribution in [3.63, 3.8) is 0 Å². The fourth-order valence-corrected chi connectivity index (χ4v) is 4.28. The van der Waals surface area contributed by atoms with Crippen LogP contribution < -0.4 is 9.47 Å². The standard InChI is InChI=1S/C24H31N3O3Si/c1-18-16-27(17-28-12-13-31(2,3)4)24(26-18)22-15-21(9-10-25-22)30-20-7-8-23-19(14-20)6-5-11-29-23/h7-10,14-16H,5-6,11-13,17H2,1-4H3. The Bertz CT molecular complexity index is 1040. The average Bonchev–Trinajstić information content (AvgIpc) is 3.11. The van der Waals surface area contributed by atoms with Gasteiger partial charge in [-0.1, -0.05) is 19.6 Å². The summed E-state index contributed by atoms with van der Waals surface area (Å²) in [4.78, 5) is 9.20. The zero-order valence-electron chi connectivity index (χ0n) is 18.9. The van der Waals surface area contributed by atoms with E-state index in [4.69, 9.17) is 14.2 Å². The topological polar surface area (TPSA) is 58.4 Å². The number of benzene rings is 1. The van der Waals surface area contributed by atoms with Crippen LogP contribution in [-0.2, 0) is 17.9 Å². The molecule has 0 saturated carbocycles. The number of aryl methyl sites for hydroxylation is 2. The van der Waals surface area contributed by atoms with E-state index in [0.29, 0.717) is 6.73 Å². The van der Waals surface area contributed by atoms with Crippen molar-refractivity contribution < 1.29 is 14.2 Å². The van der Waals surface area contributed by atoms with Crippen LogP contribution in [0, 0.1) is 6.92 Å². The van der Waals surface area contributed by atoms with E-state index in [2.05, 4.69) is 35.7 Å². The molecule has 6 nitrogen and oxygen atoms in total. The number of ether oxygens (including phenoxy) is 3. The molecule has 0 aliphatic carbocycles. The zero-order chi connectivity index (χ0) is 21.8. The minimum Gasteiger partial charge on any atom is -0.493 e. The molecule has 0 amide bonds. The Morgan fingerprint density at radius 2 is 1.97 bits per heavy atom. The summed E-state index contributed by atoms with van der Waals surface area (Å²) in [6.07, 6.45) is 5.82. The highest BCUT2D eigenvalue weighted by Gasteiger charge is 2.15. The third kappa shape index (κ3) is 5.74. The molecule has 0 saturated heterocycles. The Morgan fingerprint density at radius 3 is 2.81 bits per heavy atom. The summed E-state index contributed by atoms with van der Waals surface area (Å²) in [5.74, 6) is 3.28. The summed E-state index contributed by atoms with van der Waals surface area (Å²) in [5, 5.41) is 0. The first-order chi connectivity index (χ1) is 14.9. The van der Waals surface area contributed by atoms with Crippen LogP contribution in [-0.4, -0.2) is 35.8 Å². The molecule has 0 fully saturated rings. The molecule has 3 heterocycles. The SMILES string of the molecule is Cc1cn(COCC[Si](C)(C)C)c(-c2cc(Oc3ccc4c(c3)CCCO4)ccn2)n1. The summed E-state index contributed by atoms with van der Waals surface area (Å²) in [7, 11) is -1.11. The van der Waals surface area contributed by atoms with Crippen LogP contribution in [0.5, 0.6) is 17.2 Å². The molecule has 1 aliphatic heterocycles. The number of hydrogen-bond acceptors (Lipinski definition) is 5. The fourth-order valence-electron chi connectivity index (χ4n) is 3.52. The second kappa shape index (κ2) is 9.24. The van der Waals surface area contributed by atoms with Crippen molar-refractivity contribution in [3.05, 3.63) is 54.0 Å². The average molecular weight is 438 g/mol. The van der Waals surface area contributed by atoms with Gasteiger partial charge in [-0.15, -0.1) is 0 Å². The predicted octanol–water partition coefficient (Wildman–Crippen LogP) is 5.68. The van der Waals surface area contributed by atoms with Gasteiger partial charge in [0.2, 0.25) is 0 Å². The van der Waals surface area contributed by atoms with E-state index in [-0.39, 0.29) is 0 Å². The van der Waals surface area contributed by atoms with Gasteiger partial charge in [0.05, 0.1) is 12.3 Å². The minimum atomic E-state index is -1.11. The van der Waals surface area contributed by atoms with Crippen LogP contribution in [0.2, 0.25) is 25.7 Å². The molecule has 0 unspecified atom stereocenters. The van der Waals surface area contributed by atoms with Crippen molar-refractivity contribution in [2.24, 2.45) is 0 Å². The maximum atomic E-state index is 6.13. The van der Waals surface area contributed by atoms with Crippen molar-refractivity contribution in [2.45, 2.75) is 52.2 Å². The van der Waals surface area contributed by atoms with Crippen LogP contribution in [0.15, 0.2) is 42.7 Å². The molecule has 31 heavy (non-hydrogen) atoms. The first-order valence-electron chi connectivity index (χ1n) is 10.9. The van der Waals surface area contributed by atoms with E-state index in [1.165, 1.54) is 5.56 Å². The van der Waals surface area contributed by atoms with Crippen LogP contribution in [0.1, 0.15) is 17.7 Å². The van der Waals surface area contributed by atoms with E-state index in [1.807, 2.05) is 42.0 Å². The van der Waals surface area contributed by atoms with Gasteiger partial charge in [-0.25, -0.2) is 4.98 Å². The van der Waals surface area contributed by atoms with Crippen LogP contribution in [0.3, 0.4) is 0 Å². The van der Waals surface area contributed by atoms with Gasteiger partial charge in [0.15, 0.2) is 5.82 Å². The maximum Gasteiger partial charge on any atom is 0.160 e. The lowest BCUT2D eigenvalue weighted by Gasteiger charge is -2.18. The Kier molecular flexibility index (Phi) is 6.43. The molecule has 0 atom stereocenters. The summed E-state index contributed by atoms with van der Waals surface area (Å²) < 4.78 is 19.8. The highest BCUT2D eigenvalue weighted by atomic mass is 28.3. The number of nitrogens with zero attached hydrogens (tertiary/aromatic N) is 3. The summed E-state index contributed by atoms with van der Waals surface area (Å²) in [5.41, 5.74) is 2.90.